The molecule has 6 heteroatoms. The number of aliphatic hydroxyl groups is 1. The lowest BCUT2D eigenvalue weighted by Crippen LogP contribution is -2.35. The number of sulfonamides is 1. The maximum absolute atomic E-state index is 12.5. The van der Waals surface area contributed by atoms with Crippen LogP contribution in [0.3, 0.4) is 0 Å². The minimum atomic E-state index is -3.57. The second-order valence-corrected chi connectivity index (χ2v) is 7.49. The zero-order valence-corrected chi connectivity index (χ0v) is 14.3. The van der Waals surface area contributed by atoms with Gasteiger partial charge in [0.05, 0.1) is 11.5 Å². The molecule has 0 saturated carbocycles. The molecule has 1 rings (SSSR count). The van der Waals surface area contributed by atoms with Crippen molar-refractivity contribution in [1.29, 1.82) is 0 Å². The summed E-state index contributed by atoms with van der Waals surface area (Å²) >= 11 is 0. The van der Waals surface area contributed by atoms with Gasteiger partial charge in [0.25, 0.3) is 0 Å². The highest BCUT2D eigenvalue weighted by Gasteiger charge is 2.21. The van der Waals surface area contributed by atoms with Gasteiger partial charge in [0, 0.05) is 6.04 Å². The molecule has 0 aliphatic rings. The summed E-state index contributed by atoms with van der Waals surface area (Å²) in [7, 11) is 0.343. The van der Waals surface area contributed by atoms with E-state index in [-0.39, 0.29) is 17.5 Å². The fourth-order valence-corrected chi connectivity index (χ4v) is 3.75. The number of rotatable bonds is 7. The van der Waals surface area contributed by atoms with E-state index >= 15 is 0 Å². The Kier molecular flexibility index (Phi) is 6.34. The molecule has 2 N–H and O–H groups in total. The molecule has 0 spiro atoms. The Morgan fingerprint density at radius 2 is 1.90 bits per heavy atom. The van der Waals surface area contributed by atoms with Crippen molar-refractivity contribution in [2.75, 3.05) is 20.6 Å². The minimum absolute atomic E-state index is 0.144. The molecule has 1 atom stereocenters. The summed E-state index contributed by atoms with van der Waals surface area (Å²) in [6, 6.07) is 3.21. The topological polar surface area (TPSA) is 69.6 Å². The Labute approximate surface area is 128 Å². The van der Waals surface area contributed by atoms with Gasteiger partial charge in [-0.25, -0.2) is 13.1 Å². The van der Waals surface area contributed by atoms with Crippen molar-refractivity contribution in [3.8, 4) is 0 Å². The lowest BCUT2D eigenvalue weighted by molar-refractivity contribution is 0.281. The van der Waals surface area contributed by atoms with Crippen molar-refractivity contribution in [2.45, 2.75) is 44.7 Å². The van der Waals surface area contributed by atoms with Crippen molar-refractivity contribution in [1.82, 2.24) is 9.62 Å². The van der Waals surface area contributed by atoms with E-state index in [0.29, 0.717) is 5.56 Å². The molecule has 0 aromatic heterocycles. The summed E-state index contributed by atoms with van der Waals surface area (Å²) in [5.41, 5.74) is 2.20. The maximum atomic E-state index is 12.5. The highest BCUT2D eigenvalue weighted by atomic mass is 32.2. The van der Waals surface area contributed by atoms with E-state index in [2.05, 4.69) is 4.72 Å². The van der Waals surface area contributed by atoms with Crippen molar-refractivity contribution < 1.29 is 13.5 Å². The average Bonchev–Trinajstić information content (AvgIpc) is 2.38. The molecule has 0 amide bonds. The van der Waals surface area contributed by atoms with Crippen molar-refractivity contribution >= 4 is 10.0 Å². The predicted octanol–water partition coefficient (Wildman–Crippen LogP) is 1.41. The number of aliphatic hydroxyl groups excluding tert-OH is 1. The van der Waals surface area contributed by atoms with E-state index in [0.717, 1.165) is 24.1 Å². The molecule has 0 heterocycles. The molecule has 1 unspecified atom stereocenters. The number of aryl methyl sites for hydroxylation is 1. The number of benzene rings is 1. The van der Waals surface area contributed by atoms with Gasteiger partial charge in [-0.15, -0.1) is 0 Å². The van der Waals surface area contributed by atoms with Gasteiger partial charge in [0.15, 0.2) is 0 Å². The molecular weight excluding hydrogens is 288 g/mol. The van der Waals surface area contributed by atoms with Gasteiger partial charge in [0.1, 0.15) is 0 Å². The van der Waals surface area contributed by atoms with Crippen LogP contribution in [0.15, 0.2) is 17.0 Å². The highest BCUT2D eigenvalue weighted by molar-refractivity contribution is 7.89. The quantitative estimate of drug-likeness (QED) is 0.798. The van der Waals surface area contributed by atoms with Gasteiger partial charge in [-0.1, -0.05) is 6.07 Å². The molecule has 0 fully saturated rings. The van der Waals surface area contributed by atoms with Crippen LogP contribution in [0.5, 0.6) is 0 Å². The third kappa shape index (κ3) is 5.07. The van der Waals surface area contributed by atoms with Crippen LogP contribution in [0.4, 0.5) is 0 Å². The molecule has 120 valence electrons. The van der Waals surface area contributed by atoms with Crippen molar-refractivity contribution in [2.24, 2.45) is 0 Å². The Morgan fingerprint density at radius 3 is 2.43 bits per heavy atom. The van der Waals surface area contributed by atoms with Crippen LogP contribution in [0.25, 0.3) is 0 Å². The standard InChI is InChI=1S/C15H26N2O3S/c1-11-8-14(10-18)9-15(13(11)3)21(19,20)16-12(2)6-7-17(4)5/h8-9,12,16,18H,6-7,10H2,1-5H3. The Hall–Kier alpha value is -0.950. The summed E-state index contributed by atoms with van der Waals surface area (Å²) < 4.78 is 27.8. The number of nitrogens with one attached hydrogen (secondary N) is 1. The van der Waals surface area contributed by atoms with E-state index in [1.165, 1.54) is 0 Å². The third-order valence-electron chi connectivity index (χ3n) is 3.52. The smallest absolute Gasteiger partial charge is 0.241 e. The first kappa shape index (κ1) is 18.1. The largest absolute Gasteiger partial charge is 0.392 e. The molecule has 21 heavy (non-hydrogen) atoms. The summed E-state index contributed by atoms with van der Waals surface area (Å²) in [4.78, 5) is 2.27. The number of hydrogen-bond donors (Lipinski definition) is 2. The van der Waals surface area contributed by atoms with E-state index in [1.54, 1.807) is 13.0 Å². The normalized spacial score (nSPS) is 13.7. The first-order chi connectivity index (χ1) is 9.67. The summed E-state index contributed by atoms with van der Waals surface area (Å²) in [6.45, 7) is 6.15. The molecule has 5 nitrogen and oxygen atoms in total. The van der Waals surface area contributed by atoms with Gasteiger partial charge in [-0.3, -0.25) is 0 Å². The fraction of sp³-hybridized carbons (Fsp3) is 0.600. The van der Waals surface area contributed by atoms with Crippen LogP contribution < -0.4 is 4.72 Å². The van der Waals surface area contributed by atoms with Crippen molar-refractivity contribution in [3.63, 3.8) is 0 Å². The fourth-order valence-electron chi connectivity index (χ4n) is 2.11. The van der Waals surface area contributed by atoms with E-state index < -0.39 is 10.0 Å². The van der Waals surface area contributed by atoms with Gasteiger partial charge in [0.2, 0.25) is 10.0 Å². The average molecular weight is 314 g/mol. The Bertz CT molecular complexity index is 583. The summed E-state index contributed by atoms with van der Waals surface area (Å²) in [5, 5.41) is 9.25. The minimum Gasteiger partial charge on any atom is -0.392 e. The van der Waals surface area contributed by atoms with Crippen LogP contribution in [-0.2, 0) is 16.6 Å². The zero-order valence-electron chi connectivity index (χ0n) is 13.5. The van der Waals surface area contributed by atoms with Crippen LogP contribution in [0.1, 0.15) is 30.0 Å². The second kappa shape index (κ2) is 7.35. The SMILES string of the molecule is Cc1cc(CO)cc(S(=O)(=O)NC(C)CCN(C)C)c1C. The molecular formula is C15H26N2O3S. The first-order valence-electron chi connectivity index (χ1n) is 7.05. The zero-order chi connectivity index (χ0) is 16.2. The number of nitrogens with zero attached hydrogens (tertiary/aromatic N) is 1. The van der Waals surface area contributed by atoms with Gasteiger partial charge in [-0.05, 0) is 70.6 Å². The molecule has 1 aromatic carbocycles. The van der Waals surface area contributed by atoms with Crippen LogP contribution >= 0.6 is 0 Å². The first-order valence-corrected chi connectivity index (χ1v) is 8.53. The van der Waals surface area contributed by atoms with Crippen LogP contribution in [0.2, 0.25) is 0 Å². The lowest BCUT2D eigenvalue weighted by atomic mass is 10.1. The van der Waals surface area contributed by atoms with Gasteiger partial charge < -0.3 is 10.0 Å². The van der Waals surface area contributed by atoms with Crippen LogP contribution in [0, 0.1) is 13.8 Å². The molecule has 0 aliphatic heterocycles. The predicted molar refractivity (Wildman–Crippen MR) is 84.8 cm³/mol. The monoisotopic (exact) mass is 314 g/mol. The van der Waals surface area contributed by atoms with E-state index in [4.69, 9.17) is 0 Å². The van der Waals surface area contributed by atoms with Crippen molar-refractivity contribution in [3.05, 3.63) is 28.8 Å². The van der Waals surface area contributed by atoms with Gasteiger partial charge >= 0.3 is 0 Å². The van der Waals surface area contributed by atoms with Gasteiger partial charge in [-0.2, -0.15) is 0 Å². The number of hydrogen-bond acceptors (Lipinski definition) is 4. The van der Waals surface area contributed by atoms with E-state index in [1.807, 2.05) is 38.9 Å². The summed E-state index contributed by atoms with van der Waals surface area (Å²) in [6.07, 6.45) is 0.740. The molecule has 1 aromatic rings. The van der Waals surface area contributed by atoms with E-state index in [9.17, 15) is 13.5 Å². The summed E-state index contributed by atoms with van der Waals surface area (Å²) in [5.74, 6) is 0. The second-order valence-electron chi connectivity index (χ2n) is 5.81. The molecule has 0 saturated heterocycles. The lowest BCUT2D eigenvalue weighted by Gasteiger charge is -2.18. The highest BCUT2D eigenvalue weighted by Crippen LogP contribution is 2.21. The molecule has 0 radical (unpaired) electrons. The Balaban J connectivity index is 3.00. The Morgan fingerprint density at radius 1 is 1.29 bits per heavy atom. The molecule has 0 aliphatic carbocycles. The maximum Gasteiger partial charge on any atom is 0.241 e. The van der Waals surface area contributed by atoms with Crippen LogP contribution in [-0.4, -0.2) is 45.1 Å². The molecule has 0 bridgehead atoms. The third-order valence-corrected chi connectivity index (χ3v) is 5.23.